The molecule has 24 heavy (non-hydrogen) atoms. The molecule has 0 bridgehead atoms. The Kier molecular flexibility index (Phi) is 5.20. The van der Waals surface area contributed by atoms with E-state index in [1.165, 1.54) is 0 Å². The second kappa shape index (κ2) is 7.32. The fourth-order valence-electron chi connectivity index (χ4n) is 2.04. The lowest BCUT2D eigenvalue weighted by Crippen LogP contribution is -2.38. The van der Waals surface area contributed by atoms with E-state index < -0.39 is 11.9 Å². The first-order chi connectivity index (χ1) is 11.4. The molecule has 4 amide bonds. The number of nitrogens with one attached hydrogen (secondary N) is 2. The number of benzene rings is 1. The number of carbonyl (C=O) groups excluding carboxylic acids is 3. The van der Waals surface area contributed by atoms with E-state index >= 15 is 0 Å². The van der Waals surface area contributed by atoms with Gasteiger partial charge in [0.2, 0.25) is 0 Å². The third-order valence-electron chi connectivity index (χ3n) is 3.23. The van der Waals surface area contributed by atoms with Gasteiger partial charge >= 0.3 is 6.03 Å². The van der Waals surface area contributed by atoms with Crippen molar-refractivity contribution < 1.29 is 19.1 Å². The first kappa shape index (κ1) is 17.1. The number of primary amides is 1. The molecule has 0 spiro atoms. The molecule has 8 heteroatoms. The van der Waals surface area contributed by atoms with E-state index in [9.17, 15) is 14.4 Å². The summed E-state index contributed by atoms with van der Waals surface area (Å²) in [7, 11) is 0. The number of imide groups is 1. The number of nitrogens with two attached hydrogens (primary N) is 1. The summed E-state index contributed by atoms with van der Waals surface area (Å²) in [5, 5.41) is 1.89. The molecule has 0 saturated carbocycles. The van der Waals surface area contributed by atoms with Gasteiger partial charge in [0, 0.05) is 17.0 Å². The lowest BCUT2D eigenvalue weighted by atomic mass is 10.2. The third-order valence-corrected chi connectivity index (χ3v) is 3.23. The highest BCUT2D eigenvalue weighted by Gasteiger charge is 2.10. The maximum atomic E-state index is 12.2. The topological polar surface area (TPSA) is 115 Å². The number of hydrogen-bond acceptors (Lipinski definition) is 4. The van der Waals surface area contributed by atoms with Crippen molar-refractivity contribution in [1.29, 1.82) is 0 Å². The molecule has 0 atom stereocenters. The summed E-state index contributed by atoms with van der Waals surface area (Å²) in [5.74, 6) is -0.530. The summed E-state index contributed by atoms with van der Waals surface area (Å²) in [6.45, 7) is 3.43. The number of urea groups is 1. The number of rotatable bonds is 5. The molecular weight excluding hydrogens is 312 g/mol. The van der Waals surface area contributed by atoms with Crippen molar-refractivity contribution in [3.8, 4) is 5.75 Å². The molecule has 1 heterocycles. The van der Waals surface area contributed by atoms with Crippen LogP contribution in [0.3, 0.4) is 0 Å². The molecule has 1 aromatic carbocycles. The number of hydrogen-bond donors (Lipinski definition) is 3. The minimum Gasteiger partial charge on any atom is -0.484 e. The highest BCUT2D eigenvalue weighted by Crippen LogP contribution is 2.13. The number of aryl methyl sites for hydroxylation is 2. The number of carbonyl (C=O) groups is 3. The van der Waals surface area contributed by atoms with Gasteiger partial charge in [0.05, 0.1) is 0 Å². The Morgan fingerprint density at radius 3 is 2.17 bits per heavy atom. The summed E-state index contributed by atoms with van der Waals surface area (Å²) in [5.41, 5.74) is 9.88. The van der Waals surface area contributed by atoms with Gasteiger partial charge in [0.1, 0.15) is 5.75 Å². The quantitative estimate of drug-likeness (QED) is 0.760. The lowest BCUT2D eigenvalue weighted by Gasteiger charge is -2.11. The molecule has 2 rings (SSSR count). The van der Waals surface area contributed by atoms with Crippen LogP contribution in [0.4, 0.5) is 4.79 Å². The van der Waals surface area contributed by atoms with Gasteiger partial charge in [-0.3, -0.25) is 25.0 Å². The molecule has 2 aromatic rings. The third kappa shape index (κ3) is 4.35. The van der Waals surface area contributed by atoms with Gasteiger partial charge in [-0.25, -0.2) is 4.79 Å². The largest absolute Gasteiger partial charge is 0.484 e. The van der Waals surface area contributed by atoms with Crippen LogP contribution in [0.15, 0.2) is 36.4 Å². The summed E-state index contributed by atoms with van der Waals surface area (Å²) in [6, 6.07) is 9.14. The Morgan fingerprint density at radius 2 is 1.62 bits per heavy atom. The van der Waals surface area contributed by atoms with Crippen molar-refractivity contribution >= 4 is 17.8 Å². The maximum Gasteiger partial charge on any atom is 0.318 e. The molecule has 0 fully saturated rings. The van der Waals surface area contributed by atoms with Crippen molar-refractivity contribution in [2.24, 2.45) is 5.73 Å². The molecule has 8 nitrogen and oxygen atoms in total. The van der Waals surface area contributed by atoms with E-state index in [-0.39, 0.29) is 12.5 Å². The van der Waals surface area contributed by atoms with Crippen molar-refractivity contribution in [1.82, 2.24) is 9.99 Å². The van der Waals surface area contributed by atoms with Crippen LogP contribution in [-0.4, -0.2) is 29.1 Å². The number of aromatic nitrogens is 1. The maximum absolute atomic E-state index is 12.2. The monoisotopic (exact) mass is 330 g/mol. The molecule has 0 saturated heterocycles. The second-order valence-electron chi connectivity index (χ2n) is 5.12. The minimum atomic E-state index is -0.939. The molecule has 4 N–H and O–H groups in total. The average molecular weight is 330 g/mol. The van der Waals surface area contributed by atoms with E-state index in [1.807, 2.05) is 31.3 Å². The van der Waals surface area contributed by atoms with Gasteiger partial charge in [-0.15, -0.1) is 0 Å². The van der Waals surface area contributed by atoms with Crippen molar-refractivity contribution in [2.75, 3.05) is 12.0 Å². The first-order valence-corrected chi connectivity index (χ1v) is 7.15. The summed E-state index contributed by atoms with van der Waals surface area (Å²) in [6.07, 6.45) is 0. The van der Waals surface area contributed by atoms with E-state index in [4.69, 9.17) is 10.5 Å². The van der Waals surface area contributed by atoms with Crippen LogP contribution in [0, 0.1) is 13.8 Å². The van der Waals surface area contributed by atoms with Gasteiger partial charge in [-0.2, -0.15) is 0 Å². The Hall–Kier alpha value is -3.29. The Labute approximate surface area is 138 Å². The fourth-order valence-corrected chi connectivity index (χ4v) is 2.04. The van der Waals surface area contributed by atoms with E-state index in [2.05, 4.69) is 5.43 Å². The van der Waals surface area contributed by atoms with Crippen molar-refractivity contribution in [2.45, 2.75) is 13.8 Å². The van der Waals surface area contributed by atoms with Gasteiger partial charge in [0.25, 0.3) is 11.8 Å². The molecular formula is C16H18N4O4. The number of ether oxygens (including phenoxy) is 1. The summed E-state index contributed by atoms with van der Waals surface area (Å²) < 4.78 is 6.89. The van der Waals surface area contributed by atoms with Crippen LogP contribution >= 0.6 is 0 Å². The highest BCUT2D eigenvalue weighted by molar-refractivity contribution is 6.00. The lowest BCUT2D eigenvalue weighted by molar-refractivity contribution is -0.121. The summed E-state index contributed by atoms with van der Waals surface area (Å²) in [4.78, 5) is 34.0. The van der Waals surface area contributed by atoms with Gasteiger partial charge < -0.3 is 10.5 Å². The first-order valence-electron chi connectivity index (χ1n) is 7.15. The zero-order valence-electron chi connectivity index (χ0n) is 13.3. The van der Waals surface area contributed by atoms with Crippen LogP contribution in [0.2, 0.25) is 0 Å². The molecule has 0 aliphatic carbocycles. The van der Waals surface area contributed by atoms with Gasteiger partial charge in [-0.1, -0.05) is 0 Å². The van der Waals surface area contributed by atoms with Crippen molar-refractivity contribution in [3.05, 3.63) is 53.3 Å². The Morgan fingerprint density at radius 1 is 1.04 bits per heavy atom. The normalized spacial score (nSPS) is 10.1. The zero-order chi connectivity index (χ0) is 17.7. The summed E-state index contributed by atoms with van der Waals surface area (Å²) >= 11 is 0. The zero-order valence-corrected chi connectivity index (χ0v) is 13.3. The Balaban J connectivity index is 1.95. The van der Waals surface area contributed by atoms with Crippen LogP contribution in [0.5, 0.6) is 5.75 Å². The molecule has 0 aliphatic rings. The van der Waals surface area contributed by atoms with Gasteiger partial charge in [-0.05, 0) is 50.2 Å². The van der Waals surface area contributed by atoms with Crippen LogP contribution in [0.1, 0.15) is 21.7 Å². The minimum absolute atomic E-state index is 0.268. The van der Waals surface area contributed by atoms with Crippen LogP contribution in [0.25, 0.3) is 0 Å². The number of nitrogens with zero attached hydrogens (tertiary/aromatic N) is 1. The molecule has 0 aliphatic heterocycles. The highest BCUT2D eigenvalue weighted by atomic mass is 16.5. The smallest absolute Gasteiger partial charge is 0.318 e. The average Bonchev–Trinajstić information content (AvgIpc) is 2.84. The molecule has 0 unspecified atom stereocenters. The predicted molar refractivity (Wildman–Crippen MR) is 87.3 cm³/mol. The number of amides is 4. The fraction of sp³-hybridized carbons (Fsp3) is 0.188. The van der Waals surface area contributed by atoms with E-state index in [0.29, 0.717) is 11.3 Å². The second-order valence-corrected chi connectivity index (χ2v) is 5.12. The molecule has 1 aromatic heterocycles. The predicted octanol–water partition coefficient (Wildman–Crippen LogP) is 1.06. The van der Waals surface area contributed by atoms with Gasteiger partial charge in [0.15, 0.2) is 6.61 Å². The SMILES string of the molecule is Cc1ccc(C)n1NC(=O)c1ccc(OCC(=O)NC(N)=O)cc1. The molecule has 126 valence electrons. The van der Waals surface area contributed by atoms with Crippen molar-refractivity contribution in [3.63, 3.8) is 0 Å². The Bertz CT molecular complexity index is 745. The molecule has 0 radical (unpaired) electrons. The van der Waals surface area contributed by atoms with Crippen LogP contribution in [-0.2, 0) is 4.79 Å². The van der Waals surface area contributed by atoms with E-state index in [0.717, 1.165) is 11.4 Å². The van der Waals surface area contributed by atoms with Crippen LogP contribution < -0.4 is 21.2 Å². The standard InChI is InChI=1S/C16H18N4O4/c1-10-3-4-11(2)20(10)19-15(22)12-5-7-13(8-6-12)24-9-14(21)18-16(17)23/h3-8H,9H2,1-2H3,(H,19,22)(H3,17,18,21,23). The van der Waals surface area contributed by atoms with E-state index in [1.54, 1.807) is 28.9 Å².